The molecule has 22 heavy (non-hydrogen) atoms. The maximum absolute atomic E-state index is 12.0. The number of carbonyl (C=O) groups is 1. The van der Waals surface area contributed by atoms with Gasteiger partial charge in [-0.05, 0) is 36.1 Å². The van der Waals surface area contributed by atoms with Crippen molar-refractivity contribution in [3.05, 3.63) is 60.2 Å². The third-order valence-corrected chi connectivity index (χ3v) is 4.71. The molecule has 0 saturated heterocycles. The van der Waals surface area contributed by atoms with Gasteiger partial charge in [-0.1, -0.05) is 41.7 Å². The molecule has 5 heteroatoms. The van der Waals surface area contributed by atoms with Crippen LogP contribution in [0.2, 0.25) is 0 Å². The van der Waals surface area contributed by atoms with Gasteiger partial charge in [0, 0.05) is 11.0 Å². The third kappa shape index (κ3) is 3.55. The van der Waals surface area contributed by atoms with E-state index >= 15 is 0 Å². The highest BCUT2D eigenvalue weighted by Gasteiger charge is 2.06. The first-order valence-electron chi connectivity index (χ1n) is 6.73. The molecule has 0 saturated carbocycles. The van der Waals surface area contributed by atoms with Gasteiger partial charge < -0.3 is 0 Å². The Bertz CT molecular complexity index is 825. The number of benzene rings is 2. The number of hydrogen-bond donors (Lipinski definition) is 1. The minimum atomic E-state index is -0.173. The molecule has 0 radical (unpaired) electrons. The van der Waals surface area contributed by atoms with Crippen LogP contribution >= 0.6 is 23.1 Å². The lowest BCUT2D eigenvalue weighted by Gasteiger charge is -1.95. The molecule has 0 fully saturated rings. The fraction of sp³-hybridized carbons (Fsp3) is 0.0588. The summed E-state index contributed by atoms with van der Waals surface area (Å²) in [5.41, 5.74) is 1.90. The van der Waals surface area contributed by atoms with E-state index in [-0.39, 0.29) is 5.91 Å². The van der Waals surface area contributed by atoms with Crippen LogP contribution in [0.1, 0.15) is 5.56 Å². The molecule has 1 aromatic heterocycles. The number of amides is 1. The van der Waals surface area contributed by atoms with Gasteiger partial charge in [-0.15, -0.1) is 11.8 Å². The van der Waals surface area contributed by atoms with Crippen LogP contribution in [0.4, 0.5) is 5.13 Å². The number of aromatic nitrogens is 1. The fourth-order valence-electron chi connectivity index (χ4n) is 1.97. The summed E-state index contributed by atoms with van der Waals surface area (Å²) in [6.45, 7) is 0. The Hall–Kier alpha value is -2.11. The van der Waals surface area contributed by atoms with Crippen LogP contribution in [0.15, 0.2) is 59.5 Å². The van der Waals surface area contributed by atoms with Crippen molar-refractivity contribution in [1.82, 2.24) is 4.98 Å². The summed E-state index contributed by atoms with van der Waals surface area (Å²) >= 11 is 3.18. The summed E-state index contributed by atoms with van der Waals surface area (Å²) in [6, 6.07) is 15.8. The molecule has 0 aliphatic carbocycles. The third-order valence-electron chi connectivity index (χ3n) is 3.05. The highest BCUT2D eigenvalue weighted by molar-refractivity contribution is 7.98. The average Bonchev–Trinajstić information content (AvgIpc) is 2.95. The number of fused-ring (bicyclic) bond motifs is 1. The number of hydrogen-bond acceptors (Lipinski definition) is 4. The predicted octanol–water partition coefficient (Wildman–Crippen LogP) is 4.67. The van der Waals surface area contributed by atoms with Gasteiger partial charge >= 0.3 is 0 Å². The maximum Gasteiger partial charge on any atom is 0.250 e. The highest BCUT2D eigenvalue weighted by Crippen LogP contribution is 2.29. The Morgan fingerprint density at radius 3 is 2.82 bits per heavy atom. The average molecular weight is 326 g/mol. The fourth-order valence-corrected chi connectivity index (χ4v) is 3.39. The molecule has 2 aromatic carbocycles. The summed E-state index contributed by atoms with van der Waals surface area (Å²) in [4.78, 5) is 17.6. The number of thiazole rings is 1. The molecule has 3 aromatic rings. The van der Waals surface area contributed by atoms with Gasteiger partial charge in [-0.25, -0.2) is 4.98 Å². The molecule has 0 unspecified atom stereocenters. The second-order valence-corrected chi connectivity index (χ2v) is 6.50. The summed E-state index contributed by atoms with van der Waals surface area (Å²) in [6.07, 6.45) is 5.35. The van der Waals surface area contributed by atoms with Crippen LogP contribution in [0.5, 0.6) is 0 Å². The molecule has 0 bridgehead atoms. The lowest BCUT2D eigenvalue weighted by Crippen LogP contribution is -2.07. The highest BCUT2D eigenvalue weighted by atomic mass is 32.2. The molecule has 1 N–H and O–H groups in total. The number of nitrogens with one attached hydrogen (secondary N) is 1. The van der Waals surface area contributed by atoms with E-state index in [0.717, 1.165) is 15.8 Å². The predicted molar refractivity (Wildman–Crippen MR) is 95.5 cm³/mol. The van der Waals surface area contributed by atoms with Gasteiger partial charge in [0.1, 0.15) is 0 Å². The molecule has 0 aliphatic heterocycles. The largest absolute Gasteiger partial charge is 0.298 e. The molecular weight excluding hydrogens is 312 g/mol. The van der Waals surface area contributed by atoms with E-state index in [0.29, 0.717) is 5.13 Å². The molecular formula is C17H14N2OS2. The van der Waals surface area contributed by atoms with Crippen LogP contribution < -0.4 is 5.32 Å². The van der Waals surface area contributed by atoms with E-state index < -0.39 is 0 Å². The first kappa shape index (κ1) is 14.8. The van der Waals surface area contributed by atoms with E-state index in [1.807, 2.05) is 48.7 Å². The quantitative estimate of drug-likeness (QED) is 0.559. The monoisotopic (exact) mass is 326 g/mol. The first-order valence-corrected chi connectivity index (χ1v) is 8.77. The van der Waals surface area contributed by atoms with Crippen molar-refractivity contribution in [2.45, 2.75) is 4.90 Å². The number of thioether (sulfide) groups is 1. The van der Waals surface area contributed by atoms with E-state index in [1.54, 1.807) is 17.8 Å². The van der Waals surface area contributed by atoms with E-state index in [9.17, 15) is 4.79 Å². The SMILES string of the molecule is CSc1ccc2nc(NC(=O)/C=C/c3ccccc3)sc2c1. The van der Waals surface area contributed by atoms with Crippen LogP contribution in [0, 0.1) is 0 Å². The number of nitrogens with zero attached hydrogens (tertiary/aromatic N) is 1. The first-order chi connectivity index (χ1) is 10.7. The minimum Gasteiger partial charge on any atom is -0.298 e. The number of rotatable bonds is 4. The summed E-state index contributed by atoms with van der Waals surface area (Å²) in [5.74, 6) is -0.173. The molecule has 3 nitrogen and oxygen atoms in total. The molecule has 0 atom stereocenters. The second kappa shape index (κ2) is 6.77. The zero-order chi connectivity index (χ0) is 15.4. The summed E-state index contributed by atoms with van der Waals surface area (Å²) < 4.78 is 1.08. The molecule has 1 amide bonds. The van der Waals surface area contributed by atoms with Crippen LogP contribution in [0.25, 0.3) is 16.3 Å². The maximum atomic E-state index is 12.0. The van der Waals surface area contributed by atoms with Gasteiger partial charge in [-0.2, -0.15) is 0 Å². The standard InChI is InChI=1S/C17H14N2OS2/c1-21-13-8-9-14-15(11-13)22-17(18-14)19-16(20)10-7-12-5-3-2-4-6-12/h2-11H,1H3,(H,18,19,20)/b10-7+. The van der Waals surface area contributed by atoms with Crippen molar-refractivity contribution < 1.29 is 4.79 Å². The normalized spacial score (nSPS) is 11.1. The van der Waals surface area contributed by atoms with Gasteiger partial charge in [0.25, 0.3) is 0 Å². The van der Waals surface area contributed by atoms with Crippen molar-refractivity contribution in [3.63, 3.8) is 0 Å². The lowest BCUT2D eigenvalue weighted by atomic mass is 10.2. The topological polar surface area (TPSA) is 42.0 Å². The van der Waals surface area contributed by atoms with E-state index in [2.05, 4.69) is 16.4 Å². The Morgan fingerprint density at radius 1 is 1.23 bits per heavy atom. The van der Waals surface area contributed by atoms with Crippen molar-refractivity contribution >= 4 is 50.4 Å². The molecule has 0 spiro atoms. The summed E-state index contributed by atoms with van der Waals surface area (Å²) in [5, 5.41) is 3.44. The minimum absolute atomic E-state index is 0.173. The zero-order valence-corrected chi connectivity index (χ0v) is 13.6. The number of anilines is 1. The van der Waals surface area contributed by atoms with E-state index in [1.165, 1.54) is 22.3 Å². The van der Waals surface area contributed by atoms with Crippen molar-refractivity contribution in [3.8, 4) is 0 Å². The Morgan fingerprint density at radius 2 is 2.05 bits per heavy atom. The molecule has 110 valence electrons. The molecule has 3 rings (SSSR count). The second-order valence-electron chi connectivity index (χ2n) is 4.59. The van der Waals surface area contributed by atoms with Gasteiger partial charge in [0.05, 0.1) is 10.2 Å². The van der Waals surface area contributed by atoms with Crippen molar-refractivity contribution in [1.29, 1.82) is 0 Å². The Kier molecular flexibility index (Phi) is 4.56. The van der Waals surface area contributed by atoms with Gasteiger partial charge in [0.15, 0.2) is 5.13 Å². The lowest BCUT2D eigenvalue weighted by molar-refractivity contribution is -0.111. The van der Waals surface area contributed by atoms with Crippen molar-refractivity contribution in [2.75, 3.05) is 11.6 Å². The molecule has 1 heterocycles. The Labute approximate surface area is 137 Å². The van der Waals surface area contributed by atoms with E-state index in [4.69, 9.17) is 0 Å². The summed E-state index contributed by atoms with van der Waals surface area (Å²) in [7, 11) is 0. The van der Waals surface area contributed by atoms with Crippen LogP contribution in [-0.4, -0.2) is 17.1 Å². The number of carbonyl (C=O) groups excluding carboxylic acids is 1. The van der Waals surface area contributed by atoms with Crippen LogP contribution in [0.3, 0.4) is 0 Å². The Balaban J connectivity index is 1.72. The smallest absolute Gasteiger partial charge is 0.250 e. The zero-order valence-electron chi connectivity index (χ0n) is 11.9. The van der Waals surface area contributed by atoms with Crippen molar-refractivity contribution in [2.24, 2.45) is 0 Å². The van der Waals surface area contributed by atoms with Gasteiger partial charge in [0.2, 0.25) is 5.91 Å². The van der Waals surface area contributed by atoms with Gasteiger partial charge in [-0.3, -0.25) is 10.1 Å². The van der Waals surface area contributed by atoms with Crippen LogP contribution in [-0.2, 0) is 4.79 Å². The molecule has 0 aliphatic rings.